The smallest absolute Gasteiger partial charge is 0.416 e. The van der Waals surface area contributed by atoms with E-state index in [0.29, 0.717) is 17.2 Å². The molecule has 0 atom stereocenters. The van der Waals surface area contributed by atoms with Gasteiger partial charge in [0.15, 0.2) is 0 Å². The Labute approximate surface area is 151 Å². The molecule has 2 N–H and O–H groups in total. The zero-order chi connectivity index (χ0) is 19.5. The number of benzene rings is 2. The highest BCUT2D eigenvalue weighted by molar-refractivity contribution is 6.33. The summed E-state index contributed by atoms with van der Waals surface area (Å²) in [4.78, 5) is 22.9. The second kappa shape index (κ2) is 7.57. The second-order valence-corrected chi connectivity index (χ2v) is 5.68. The van der Waals surface area contributed by atoms with Gasteiger partial charge < -0.3 is 5.11 Å². The molecule has 0 aliphatic heterocycles. The van der Waals surface area contributed by atoms with Gasteiger partial charge in [0.25, 0.3) is 5.91 Å². The van der Waals surface area contributed by atoms with Crippen LogP contribution in [0.15, 0.2) is 41.5 Å². The van der Waals surface area contributed by atoms with E-state index in [-0.39, 0.29) is 16.1 Å². The molecule has 0 heterocycles. The largest absolute Gasteiger partial charge is 0.478 e. The minimum atomic E-state index is -4.60. The van der Waals surface area contributed by atoms with Crippen LogP contribution in [0.25, 0.3) is 0 Å². The zero-order valence-corrected chi connectivity index (χ0v) is 14.0. The van der Waals surface area contributed by atoms with E-state index in [1.54, 1.807) is 6.92 Å². The fourth-order valence-corrected chi connectivity index (χ4v) is 2.31. The van der Waals surface area contributed by atoms with Crippen molar-refractivity contribution in [3.8, 4) is 0 Å². The average Bonchev–Trinajstić information content (AvgIpc) is 2.53. The van der Waals surface area contributed by atoms with Crippen molar-refractivity contribution in [3.05, 3.63) is 69.2 Å². The first kappa shape index (κ1) is 19.5. The number of carboxylic acid groups (broad SMARTS) is 1. The number of alkyl halides is 3. The van der Waals surface area contributed by atoms with E-state index in [9.17, 15) is 22.8 Å². The Kier molecular flexibility index (Phi) is 5.66. The Bertz CT molecular complexity index is 895. The lowest BCUT2D eigenvalue weighted by molar-refractivity contribution is -0.137. The van der Waals surface area contributed by atoms with E-state index in [1.165, 1.54) is 24.4 Å². The molecule has 26 heavy (non-hydrogen) atoms. The Morgan fingerprint density at radius 3 is 2.42 bits per heavy atom. The molecule has 0 unspecified atom stereocenters. The first-order chi connectivity index (χ1) is 12.1. The third-order valence-corrected chi connectivity index (χ3v) is 3.73. The molecule has 1 amide bonds. The lowest BCUT2D eigenvalue weighted by atomic mass is 10.1. The number of rotatable bonds is 4. The van der Waals surface area contributed by atoms with Crippen LogP contribution in [0, 0.1) is 6.92 Å². The number of hydrogen-bond acceptors (Lipinski definition) is 3. The molecule has 0 aliphatic rings. The Balaban J connectivity index is 2.15. The molecule has 0 spiro atoms. The summed E-state index contributed by atoms with van der Waals surface area (Å²) in [5, 5.41) is 12.5. The molecular formula is C17H12ClF3N2O3. The third-order valence-electron chi connectivity index (χ3n) is 3.40. The van der Waals surface area contributed by atoms with Crippen molar-refractivity contribution in [1.82, 2.24) is 5.43 Å². The van der Waals surface area contributed by atoms with Crippen LogP contribution < -0.4 is 5.43 Å². The van der Waals surface area contributed by atoms with Gasteiger partial charge in [-0.15, -0.1) is 0 Å². The van der Waals surface area contributed by atoms with E-state index in [1.807, 2.05) is 0 Å². The predicted molar refractivity (Wildman–Crippen MR) is 89.7 cm³/mol. The summed E-state index contributed by atoms with van der Waals surface area (Å²) in [6, 6.07) is 6.79. The van der Waals surface area contributed by atoms with E-state index in [0.717, 1.165) is 12.1 Å². The summed E-state index contributed by atoms with van der Waals surface area (Å²) >= 11 is 5.77. The highest BCUT2D eigenvalue weighted by Crippen LogP contribution is 2.31. The van der Waals surface area contributed by atoms with Crippen LogP contribution in [0.3, 0.4) is 0 Å². The summed E-state index contributed by atoms with van der Waals surface area (Å²) in [5.41, 5.74) is 1.84. The van der Waals surface area contributed by atoms with Crippen LogP contribution in [-0.2, 0) is 6.18 Å². The maximum absolute atomic E-state index is 12.7. The van der Waals surface area contributed by atoms with Crippen LogP contribution >= 0.6 is 11.6 Å². The van der Waals surface area contributed by atoms with Crippen LogP contribution in [0.2, 0.25) is 5.02 Å². The van der Waals surface area contributed by atoms with Gasteiger partial charge in [-0.3, -0.25) is 4.79 Å². The van der Waals surface area contributed by atoms with Gasteiger partial charge >= 0.3 is 12.1 Å². The molecule has 2 aromatic rings. The van der Waals surface area contributed by atoms with Gasteiger partial charge in [0.1, 0.15) is 0 Å². The van der Waals surface area contributed by atoms with E-state index < -0.39 is 23.6 Å². The number of halogens is 4. The van der Waals surface area contributed by atoms with E-state index in [2.05, 4.69) is 10.5 Å². The minimum Gasteiger partial charge on any atom is -0.478 e. The van der Waals surface area contributed by atoms with Crippen LogP contribution in [0.5, 0.6) is 0 Å². The molecule has 0 aromatic heterocycles. The lowest BCUT2D eigenvalue weighted by Gasteiger charge is -2.09. The molecule has 5 nitrogen and oxygen atoms in total. The maximum Gasteiger partial charge on any atom is 0.416 e. The van der Waals surface area contributed by atoms with Crippen molar-refractivity contribution >= 4 is 29.7 Å². The van der Waals surface area contributed by atoms with Crippen LogP contribution in [0.1, 0.15) is 37.4 Å². The van der Waals surface area contributed by atoms with Crippen LogP contribution in [-0.4, -0.2) is 23.2 Å². The number of aromatic carboxylic acids is 1. The number of aryl methyl sites for hydroxylation is 1. The molecule has 2 rings (SSSR count). The topological polar surface area (TPSA) is 78.8 Å². The molecule has 0 radical (unpaired) electrons. The zero-order valence-electron chi connectivity index (χ0n) is 13.3. The van der Waals surface area contributed by atoms with Gasteiger partial charge in [0, 0.05) is 0 Å². The first-order valence-corrected chi connectivity index (χ1v) is 7.51. The van der Waals surface area contributed by atoms with Gasteiger partial charge in [-0.2, -0.15) is 18.3 Å². The van der Waals surface area contributed by atoms with Crippen LogP contribution in [0.4, 0.5) is 13.2 Å². The fraction of sp³-hybridized carbons (Fsp3) is 0.118. The fourth-order valence-electron chi connectivity index (χ4n) is 2.11. The molecule has 0 fully saturated rings. The third kappa shape index (κ3) is 4.60. The van der Waals surface area contributed by atoms with Gasteiger partial charge in [-0.1, -0.05) is 17.7 Å². The monoisotopic (exact) mass is 384 g/mol. The normalized spacial score (nSPS) is 11.6. The molecular weight excluding hydrogens is 373 g/mol. The van der Waals surface area contributed by atoms with Crippen molar-refractivity contribution in [1.29, 1.82) is 0 Å². The number of nitrogens with zero attached hydrogens (tertiary/aromatic N) is 1. The molecule has 2 aromatic carbocycles. The Morgan fingerprint density at radius 1 is 1.15 bits per heavy atom. The summed E-state index contributed by atoms with van der Waals surface area (Å²) in [6.07, 6.45) is -3.37. The number of carbonyl (C=O) groups excluding carboxylic acids is 1. The molecule has 0 aliphatic carbocycles. The van der Waals surface area contributed by atoms with Gasteiger partial charge in [0.2, 0.25) is 0 Å². The Hall–Kier alpha value is -2.87. The first-order valence-electron chi connectivity index (χ1n) is 7.13. The number of amides is 1. The quantitative estimate of drug-likeness (QED) is 0.614. The molecule has 0 saturated heterocycles. The predicted octanol–water partition coefficient (Wildman–Crippen LogP) is 4.13. The molecule has 0 saturated carbocycles. The van der Waals surface area contributed by atoms with Gasteiger partial charge in [-0.05, 0) is 48.4 Å². The van der Waals surface area contributed by atoms with Crippen molar-refractivity contribution in [3.63, 3.8) is 0 Å². The average molecular weight is 385 g/mol. The summed E-state index contributed by atoms with van der Waals surface area (Å²) in [7, 11) is 0. The van der Waals surface area contributed by atoms with Crippen molar-refractivity contribution in [2.45, 2.75) is 13.1 Å². The Morgan fingerprint density at radius 2 is 1.85 bits per heavy atom. The van der Waals surface area contributed by atoms with E-state index >= 15 is 0 Å². The standard InChI is InChI=1S/C17H12ClF3N2O3/c1-9-6-10(2-4-12(9)16(25)26)8-22-23-15(24)13-7-11(17(19,20)21)3-5-14(13)18/h2-8H,1H3,(H,23,24)(H,25,26). The number of carboxylic acids is 1. The number of hydrazone groups is 1. The highest BCUT2D eigenvalue weighted by atomic mass is 35.5. The lowest BCUT2D eigenvalue weighted by Crippen LogP contribution is -2.19. The molecule has 9 heteroatoms. The summed E-state index contributed by atoms with van der Waals surface area (Å²) in [5.74, 6) is -1.98. The van der Waals surface area contributed by atoms with Gasteiger partial charge in [0.05, 0.1) is 27.9 Å². The number of nitrogens with one attached hydrogen (secondary N) is 1. The minimum absolute atomic E-state index is 0.127. The van der Waals surface area contributed by atoms with Crippen molar-refractivity contribution in [2.75, 3.05) is 0 Å². The summed E-state index contributed by atoms with van der Waals surface area (Å²) in [6.45, 7) is 1.60. The SMILES string of the molecule is Cc1cc(C=NNC(=O)c2cc(C(F)(F)F)ccc2Cl)ccc1C(=O)O. The molecule has 0 bridgehead atoms. The summed E-state index contributed by atoms with van der Waals surface area (Å²) < 4.78 is 38.2. The van der Waals surface area contributed by atoms with Gasteiger partial charge in [-0.25, -0.2) is 10.2 Å². The molecule has 136 valence electrons. The second-order valence-electron chi connectivity index (χ2n) is 5.27. The van der Waals surface area contributed by atoms with Crippen molar-refractivity contribution in [2.24, 2.45) is 5.10 Å². The maximum atomic E-state index is 12.7. The van der Waals surface area contributed by atoms with E-state index in [4.69, 9.17) is 16.7 Å². The highest BCUT2D eigenvalue weighted by Gasteiger charge is 2.31. The number of hydrogen-bond donors (Lipinski definition) is 2. The number of carbonyl (C=O) groups is 2. The van der Waals surface area contributed by atoms with Crippen molar-refractivity contribution < 1.29 is 27.9 Å².